The van der Waals surface area contributed by atoms with Gasteiger partial charge in [0.15, 0.2) is 9.84 Å². The number of halogens is 2. The van der Waals surface area contributed by atoms with E-state index >= 15 is 0 Å². The molecule has 0 unspecified atom stereocenters. The minimum absolute atomic E-state index is 0.180. The molecule has 0 bridgehead atoms. The zero-order valence-corrected chi connectivity index (χ0v) is 22.1. The number of hydrogen-bond acceptors (Lipinski definition) is 6. The molecule has 2 saturated heterocycles. The Balaban J connectivity index is 1.31. The van der Waals surface area contributed by atoms with Crippen molar-refractivity contribution in [3.8, 4) is 0 Å². The number of hydrogen-bond donors (Lipinski definition) is 2. The lowest BCUT2D eigenvalue weighted by Crippen LogP contribution is -2.39. The van der Waals surface area contributed by atoms with Gasteiger partial charge < -0.3 is 15.1 Å². The third kappa shape index (κ3) is 4.83. The third-order valence-corrected chi connectivity index (χ3v) is 9.50. The topological polar surface area (TPSA) is 98.4 Å². The van der Waals surface area contributed by atoms with Crippen LogP contribution in [0.25, 0.3) is 10.9 Å². The number of aromatic nitrogens is 2. The normalized spacial score (nSPS) is 20.6. The molecule has 8 nitrogen and oxygen atoms in total. The van der Waals surface area contributed by atoms with Crippen molar-refractivity contribution in [2.24, 2.45) is 5.41 Å². The fraction of sp³-hybridized carbons (Fsp3) is 0.481. The highest BCUT2D eigenvalue weighted by Gasteiger charge is 2.44. The van der Waals surface area contributed by atoms with E-state index in [1.807, 2.05) is 4.90 Å². The van der Waals surface area contributed by atoms with E-state index in [9.17, 15) is 22.0 Å². The molecule has 38 heavy (non-hydrogen) atoms. The Kier molecular flexibility index (Phi) is 5.89. The quantitative estimate of drug-likeness (QED) is 0.478. The highest BCUT2D eigenvalue weighted by atomic mass is 32.2. The van der Waals surface area contributed by atoms with E-state index in [0.717, 1.165) is 36.8 Å². The number of carbonyl (C=O) groups excluding carboxylic acids is 1. The fourth-order valence-electron chi connectivity index (χ4n) is 5.73. The Labute approximate surface area is 220 Å². The maximum absolute atomic E-state index is 13.8. The SMILES string of the molecule is CS(=O)(=O)c1ccc(C(=O)Nc2cc(N3CCC(F)(F)CC3)c3[nH]ncc3c2)c(N2CCC3(CC2)CC3)c1. The van der Waals surface area contributed by atoms with Crippen molar-refractivity contribution >= 4 is 43.7 Å². The van der Waals surface area contributed by atoms with E-state index in [-0.39, 0.29) is 36.7 Å². The van der Waals surface area contributed by atoms with Gasteiger partial charge in [0.05, 0.1) is 33.5 Å². The molecule has 3 fully saturated rings. The largest absolute Gasteiger partial charge is 0.371 e. The third-order valence-electron chi connectivity index (χ3n) is 8.39. The van der Waals surface area contributed by atoms with Crippen LogP contribution in [0.4, 0.5) is 25.8 Å². The lowest BCUT2D eigenvalue weighted by atomic mass is 9.93. The van der Waals surface area contributed by atoms with Crippen LogP contribution in [0.15, 0.2) is 41.4 Å². The number of nitrogens with one attached hydrogen (secondary N) is 2. The average molecular weight is 544 g/mol. The molecule has 1 saturated carbocycles. The van der Waals surface area contributed by atoms with Crippen LogP contribution >= 0.6 is 0 Å². The van der Waals surface area contributed by atoms with Gasteiger partial charge in [0.1, 0.15) is 0 Å². The number of anilines is 3. The molecule has 11 heteroatoms. The summed E-state index contributed by atoms with van der Waals surface area (Å²) in [5.41, 5.74) is 3.41. The number of nitrogens with zero attached hydrogens (tertiary/aromatic N) is 3. The monoisotopic (exact) mass is 543 g/mol. The first-order valence-corrected chi connectivity index (χ1v) is 14.9. The van der Waals surface area contributed by atoms with Gasteiger partial charge in [-0.1, -0.05) is 0 Å². The maximum atomic E-state index is 13.8. The summed E-state index contributed by atoms with van der Waals surface area (Å²) >= 11 is 0. The molecule has 3 aliphatic rings. The van der Waals surface area contributed by atoms with Gasteiger partial charge in [-0.05, 0) is 61.4 Å². The van der Waals surface area contributed by atoms with Crippen molar-refractivity contribution in [1.82, 2.24) is 10.2 Å². The number of carbonyl (C=O) groups is 1. The summed E-state index contributed by atoms with van der Waals surface area (Å²) in [6.45, 7) is 1.95. The number of benzene rings is 2. The Morgan fingerprint density at radius 2 is 1.61 bits per heavy atom. The number of aromatic amines is 1. The standard InChI is InChI=1S/C27H31F2N5O3S/c1-38(36,37)20-2-3-21(22(16-20)33-10-6-26(4-5-26)7-11-33)25(35)31-19-14-18-17-30-32-24(18)23(15-19)34-12-8-27(28,29)9-13-34/h2-3,14-17H,4-13H2,1H3,(H,30,32)(H,31,35). The second-order valence-corrected chi connectivity index (χ2v) is 13.1. The van der Waals surface area contributed by atoms with Crippen LogP contribution in [0.2, 0.25) is 0 Å². The molecule has 202 valence electrons. The second-order valence-electron chi connectivity index (χ2n) is 11.1. The number of alkyl halides is 2. The summed E-state index contributed by atoms with van der Waals surface area (Å²) < 4.78 is 52.2. The lowest BCUT2D eigenvalue weighted by molar-refractivity contribution is -0.0220. The Bertz CT molecular complexity index is 1500. The second kappa shape index (κ2) is 8.93. The number of H-pyrrole nitrogens is 1. The number of piperidine rings is 2. The van der Waals surface area contributed by atoms with E-state index in [1.54, 1.807) is 30.5 Å². The molecule has 3 heterocycles. The van der Waals surface area contributed by atoms with Gasteiger partial charge in [0.25, 0.3) is 11.8 Å². The molecule has 1 aliphatic carbocycles. The van der Waals surface area contributed by atoms with Crippen LogP contribution in [0.1, 0.15) is 48.9 Å². The Morgan fingerprint density at radius 3 is 2.26 bits per heavy atom. The molecule has 1 amide bonds. The molecular weight excluding hydrogens is 512 g/mol. The van der Waals surface area contributed by atoms with Gasteiger partial charge in [-0.15, -0.1) is 0 Å². The lowest BCUT2D eigenvalue weighted by Gasteiger charge is -2.35. The van der Waals surface area contributed by atoms with E-state index in [1.165, 1.54) is 25.2 Å². The smallest absolute Gasteiger partial charge is 0.257 e. The zero-order valence-electron chi connectivity index (χ0n) is 21.3. The molecular formula is C27H31F2N5O3S. The summed E-state index contributed by atoms with van der Waals surface area (Å²) in [6.07, 6.45) is 6.90. The van der Waals surface area contributed by atoms with Gasteiger partial charge in [0, 0.05) is 56.4 Å². The van der Waals surface area contributed by atoms with Crippen LogP contribution in [0.3, 0.4) is 0 Å². The van der Waals surface area contributed by atoms with E-state index in [4.69, 9.17) is 0 Å². The number of fused-ring (bicyclic) bond motifs is 1. The first kappa shape index (κ1) is 25.1. The first-order chi connectivity index (χ1) is 18.0. The molecule has 2 aliphatic heterocycles. The molecule has 0 atom stereocenters. The predicted octanol–water partition coefficient (Wildman–Crippen LogP) is 4.83. The van der Waals surface area contributed by atoms with Gasteiger partial charge in [-0.25, -0.2) is 17.2 Å². The molecule has 2 aromatic carbocycles. The maximum Gasteiger partial charge on any atom is 0.257 e. The summed E-state index contributed by atoms with van der Waals surface area (Å²) in [4.78, 5) is 17.8. The number of rotatable bonds is 5. The van der Waals surface area contributed by atoms with Crippen molar-refractivity contribution < 1.29 is 22.0 Å². The van der Waals surface area contributed by atoms with Crippen molar-refractivity contribution in [1.29, 1.82) is 0 Å². The fourth-order valence-corrected chi connectivity index (χ4v) is 6.37. The predicted molar refractivity (Wildman–Crippen MR) is 143 cm³/mol. The molecule has 3 aromatic rings. The van der Waals surface area contributed by atoms with Crippen molar-refractivity contribution in [3.63, 3.8) is 0 Å². The number of sulfone groups is 1. The van der Waals surface area contributed by atoms with Gasteiger partial charge >= 0.3 is 0 Å². The Morgan fingerprint density at radius 1 is 0.947 bits per heavy atom. The van der Waals surface area contributed by atoms with Crippen LogP contribution in [0.5, 0.6) is 0 Å². The van der Waals surface area contributed by atoms with Gasteiger partial charge in [-0.3, -0.25) is 9.89 Å². The van der Waals surface area contributed by atoms with Crippen LogP contribution in [-0.2, 0) is 9.84 Å². The highest BCUT2D eigenvalue weighted by Crippen LogP contribution is 2.54. The van der Waals surface area contributed by atoms with Crippen molar-refractivity contribution in [2.45, 2.75) is 49.3 Å². The van der Waals surface area contributed by atoms with E-state index in [0.29, 0.717) is 28.0 Å². The summed E-state index contributed by atoms with van der Waals surface area (Å²) in [5, 5.41) is 10.8. The minimum Gasteiger partial charge on any atom is -0.371 e. The van der Waals surface area contributed by atoms with Gasteiger partial charge in [0.2, 0.25) is 0 Å². The van der Waals surface area contributed by atoms with Crippen molar-refractivity contribution in [3.05, 3.63) is 42.1 Å². The highest BCUT2D eigenvalue weighted by molar-refractivity contribution is 7.90. The van der Waals surface area contributed by atoms with E-state index < -0.39 is 15.8 Å². The molecule has 6 rings (SSSR count). The molecule has 1 aromatic heterocycles. The van der Waals surface area contributed by atoms with E-state index in [2.05, 4.69) is 20.4 Å². The van der Waals surface area contributed by atoms with Crippen LogP contribution < -0.4 is 15.1 Å². The number of amides is 1. The molecule has 1 spiro atoms. The van der Waals surface area contributed by atoms with Crippen molar-refractivity contribution in [2.75, 3.05) is 47.6 Å². The summed E-state index contributed by atoms with van der Waals surface area (Å²) in [5.74, 6) is -3.02. The Hall–Kier alpha value is -3.21. The summed E-state index contributed by atoms with van der Waals surface area (Å²) in [7, 11) is -3.45. The minimum atomic E-state index is -3.45. The molecule has 0 radical (unpaired) electrons. The summed E-state index contributed by atoms with van der Waals surface area (Å²) in [6, 6.07) is 8.23. The molecule has 2 N–H and O–H groups in total. The zero-order chi connectivity index (χ0) is 26.7. The van der Waals surface area contributed by atoms with Gasteiger partial charge in [-0.2, -0.15) is 5.10 Å². The average Bonchev–Trinajstić information content (AvgIpc) is 3.45. The van der Waals surface area contributed by atoms with Crippen LogP contribution in [0, 0.1) is 5.41 Å². The first-order valence-electron chi connectivity index (χ1n) is 13.0. The van der Waals surface area contributed by atoms with Crippen LogP contribution in [-0.4, -0.2) is 62.9 Å².